The summed E-state index contributed by atoms with van der Waals surface area (Å²) in [6.07, 6.45) is -1.26. The minimum atomic E-state index is -0.628. The Bertz CT molecular complexity index is 433. The van der Waals surface area contributed by atoms with Gasteiger partial charge in [-0.2, -0.15) is 0 Å². The molecule has 1 aromatic rings. The summed E-state index contributed by atoms with van der Waals surface area (Å²) < 4.78 is 0. The number of nitrogens with one attached hydrogen (secondary N) is 2. The third-order valence-corrected chi connectivity index (χ3v) is 2.50. The van der Waals surface area contributed by atoms with Crippen molar-refractivity contribution >= 4 is 11.8 Å². The van der Waals surface area contributed by atoms with Crippen LogP contribution in [0.4, 0.5) is 0 Å². The standard InChI is InChI=1S/C14H20N2O4/c1-9(17)7-15-13(19)11-4-3-5-12(6-11)14(20)16-8-10(2)18/h3-6,9-10,17-18H,7-8H2,1-2H3,(H,15,19)(H,16,20). The smallest absolute Gasteiger partial charge is 0.251 e. The Balaban J connectivity index is 2.70. The first-order valence-electron chi connectivity index (χ1n) is 6.42. The Kier molecular flexibility index (Phi) is 6.14. The first kappa shape index (κ1) is 16.1. The van der Waals surface area contributed by atoms with Gasteiger partial charge in [-0.3, -0.25) is 9.59 Å². The molecule has 1 aromatic carbocycles. The topological polar surface area (TPSA) is 98.7 Å². The number of carbonyl (C=O) groups excluding carboxylic acids is 2. The van der Waals surface area contributed by atoms with E-state index >= 15 is 0 Å². The average Bonchev–Trinajstić information content (AvgIpc) is 2.42. The van der Waals surface area contributed by atoms with Crippen LogP contribution in [0.3, 0.4) is 0 Å². The van der Waals surface area contributed by atoms with Crippen molar-refractivity contribution < 1.29 is 19.8 Å². The molecule has 110 valence electrons. The number of aliphatic hydroxyl groups is 2. The Labute approximate surface area is 117 Å². The molecule has 0 heterocycles. The van der Waals surface area contributed by atoms with E-state index in [1.165, 1.54) is 6.07 Å². The molecule has 0 spiro atoms. The van der Waals surface area contributed by atoms with Crippen molar-refractivity contribution in [1.82, 2.24) is 10.6 Å². The fraction of sp³-hybridized carbons (Fsp3) is 0.429. The first-order valence-corrected chi connectivity index (χ1v) is 6.42. The van der Waals surface area contributed by atoms with E-state index in [0.717, 1.165) is 0 Å². The third-order valence-electron chi connectivity index (χ3n) is 2.50. The van der Waals surface area contributed by atoms with Crippen molar-refractivity contribution in [3.05, 3.63) is 35.4 Å². The molecule has 6 nitrogen and oxygen atoms in total. The molecular formula is C14H20N2O4. The summed E-state index contributed by atoms with van der Waals surface area (Å²) in [5, 5.41) is 23.3. The van der Waals surface area contributed by atoms with Crippen LogP contribution in [0.25, 0.3) is 0 Å². The zero-order valence-electron chi connectivity index (χ0n) is 11.6. The number of carbonyl (C=O) groups is 2. The molecule has 2 amide bonds. The van der Waals surface area contributed by atoms with Crippen LogP contribution in [0, 0.1) is 0 Å². The average molecular weight is 280 g/mol. The largest absolute Gasteiger partial charge is 0.392 e. The predicted molar refractivity (Wildman–Crippen MR) is 74.5 cm³/mol. The molecule has 4 N–H and O–H groups in total. The van der Waals surface area contributed by atoms with Crippen molar-refractivity contribution in [3.63, 3.8) is 0 Å². The maximum atomic E-state index is 11.8. The summed E-state index contributed by atoms with van der Waals surface area (Å²) in [6.45, 7) is 3.44. The Morgan fingerprint density at radius 3 is 1.75 bits per heavy atom. The monoisotopic (exact) mass is 280 g/mol. The minimum Gasteiger partial charge on any atom is -0.392 e. The lowest BCUT2D eigenvalue weighted by atomic mass is 10.1. The van der Waals surface area contributed by atoms with Gasteiger partial charge in [0, 0.05) is 24.2 Å². The number of amides is 2. The number of aliphatic hydroxyl groups excluding tert-OH is 2. The number of hydrogen-bond donors (Lipinski definition) is 4. The van der Waals surface area contributed by atoms with E-state index in [1.807, 2.05) is 0 Å². The number of hydrogen-bond acceptors (Lipinski definition) is 4. The van der Waals surface area contributed by atoms with Crippen LogP contribution in [-0.4, -0.2) is 47.3 Å². The van der Waals surface area contributed by atoms with Gasteiger partial charge in [-0.05, 0) is 32.0 Å². The highest BCUT2D eigenvalue weighted by atomic mass is 16.3. The van der Waals surface area contributed by atoms with Gasteiger partial charge in [0.15, 0.2) is 0 Å². The van der Waals surface area contributed by atoms with Crippen LogP contribution in [0.1, 0.15) is 34.6 Å². The molecule has 0 aliphatic carbocycles. The van der Waals surface area contributed by atoms with Crippen LogP contribution in [0.5, 0.6) is 0 Å². The molecule has 20 heavy (non-hydrogen) atoms. The van der Waals surface area contributed by atoms with Gasteiger partial charge in [-0.25, -0.2) is 0 Å². The third kappa shape index (κ3) is 5.38. The Morgan fingerprint density at radius 1 is 1.00 bits per heavy atom. The van der Waals surface area contributed by atoms with Gasteiger partial charge < -0.3 is 20.8 Å². The highest BCUT2D eigenvalue weighted by Crippen LogP contribution is 2.05. The lowest BCUT2D eigenvalue weighted by Gasteiger charge is -2.09. The van der Waals surface area contributed by atoms with Crippen LogP contribution in [0.2, 0.25) is 0 Å². The molecule has 2 atom stereocenters. The second-order valence-electron chi connectivity index (χ2n) is 4.70. The SMILES string of the molecule is CC(O)CNC(=O)c1cccc(C(=O)NCC(C)O)c1. The maximum Gasteiger partial charge on any atom is 0.251 e. The van der Waals surface area contributed by atoms with E-state index in [2.05, 4.69) is 10.6 Å². The molecule has 0 aliphatic heterocycles. The Hall–Kier alpha value is -1.92. The number of rotatable bonds is 6. The van der Waals surface area contributed by atoms with Crippen LogP contribution >= 0.6 is 0 Å². The lowest BCUT2D eigenvalue weighted by molar-refractivity contribution is 0.0922. The molecular weight excluding hydrogens is 260 g/mol. The normalized spacial score (nSPS) is 13.4. The van der Waals surface area contributed by atoms with Crippen molar-refractivity contribution in [2.75, 3.05) is 13.1 Å². The van der Waals surface area contributed by atoms with Crippen LogP contribution in [-0.2, 0) is 0 Å². The zero-order valence-corrected chi connectivity index (χ0v) is 11.6. The molecule has 0 bridgehead atoms. The van der Waals surface area contributed by atoms with Crippen molar-refractivity contribution in [2.45, 2.75) is 26.1 Å². The van der Waals surface area contributed by atoms with Gasteiger partial charge in [-0.15, -0.1) is 0 Å². The van der Waals surface area contributed by atoms with Crippen LogP contribution in [0.15, 0.2) is 24.3 Å². The zero-order chi connectivity index (χ0) is 15.1. The first-order chi connectivity index (χ1) is 9.40. The van der Waals surface area contributed by atoms with E-state index in [4.69, 9.17) is 10.2 Å². The van der Waals surface area contributed by atoms with E-state index in [-0.39, 0.29) is 24.9 Å². The lowest BCUT2D eigenvalue weighted by Crippen LogP contribution is -2.32. The summed E-state index contributed by atoms with van der Waals surface area (Å²) in [5.74, 6) is -0.702. The fourth-order valence-corrected chi connectivity index (χ4v) is 1.49. The van der Waals surface area contributed by atoms with Gasteiger partial charge in [0.1, 0.15) is 0 Å². The van der Waals surface area contributed by atoms with Gasteiger partial charge in [0.2, 0.25) is 0 Å². The molecule has 0 aromatic heterocycles. The minimum absolute atomic E-state index is 0.150. The second-order valence-corrected chi connectivity index (χ2v) is 4.70. The van der Waals surface area contributed by atoms with Gasteiger partial charge in [0.05, 0.1) is 12.2 Å². The summed E-state index contributed by atoms with van der Waals surface area (Å²) in [4.78, 5) is 23.6. The van der Waals surface area contributed by atoms with Gasteiger partial charge >= 0.3 is 0 Å². The molecule has 0 aliphatic rings. The van der Waals surface area contributed by atoms with E-state index < -0.39 is 12.2 Å². The summed E-state index contributed by atoms with van der Waals surface area (Å²) in [5.41, 5.74) is 0.686. The van der Waals surface area contributed by atoms with Crippen LogP contribution < -0.4 is 10.6 Å². The fourth-order valence-electron chi connectivity index (χ4n) is 1.49. The van der Waals surface area contributed by atoms with Gasteiger partial charge in [0.25, 0.3) is 11.8 Å². The van der Waals surface area contributed by atoms with Gasteiger partial charge in [-0.1, -0.05) is 6.07 Å². The van der Waals surface area contributed by atoms with Crippen molar-refractivity contribution in [3.8, 4) is 0 Å². The quantitative estimate of drug-likeness (QED) is 0.585. The Morgan fingerprint density at radius 2 is 1.40 bits per heavy atom. The van der Waals surface area contributed by atoms with Crippen molar-refractivity contribution in [1.29, 1.82) is 0 Å². The molecule has 0 saturated heterocycles. The molecule has 1 rings (SSSR count). The summed E-state index contributed by atoms with van der Waals surface area (Å²) in [6, 6.07) is 6.25. The summed E-state index contributed by atoms with van der Waals surface area (Å²) >= 11 is 0. The van der Waals surface area contributed by atoms with E-state index in [0.29, 0.717) is 11.1 Å². The molecule has 0 radical (unpaired) electrons. The maximum absolute atomic E-state index is 11.8. The molecule has 2 unspecified atom stereocenters. The van der Waals surface area contributed by atoms with E-state index in [1.54, 1.807) is 32.0 Å². The highest BCUT2D eigenvalue weighted by molar-refractivity contribution is 5.99. The second kappa shape index (κ2) is 7.62. The van der Waals surface area contributed by atoms with E-state index in [9.17, 15) is 9.59 Å². The molecule has 6 heteroatoms. The number of benzene rings is 1. The summed E-state index contributed by atoms with van der Waals surface area (Å²) in [7, 11) is 0. The predicted octanol–water partition coefficient (Wildman–Crippen LogP) is -0.0922. The molecule has 0 saturated carbocycles. The van der Waals surface area contributed by atoms with Crippen molar-refractivity contribution in [2.24, 2.45) is 0 Å². The highest BCUT2D eigenvalue weighted by Gasteiger charge is 2.11. The molecule has 0 fully saturated rings.